The molecule has 2 aromatic rings. The molecule has 0 aliphatic rings. The van der Waals surface area contributed by atoms with E-state index in [-0.39, 0.29) is 5.91 Å². The summed E-state index contributed by atoms with van der Waals surface area (Å²) in [6, 6.07) is 7.28. The molecule has 0 unspecified atom stereocenters. The topological polar surface area (TPSA) is 38.3 Å². The second-order valence-electron chi connectivity index (χ2n) is 3.87. The van der Waals surface area contributed by atoms with Crippen molar-refractivity contribution in [1.29, 1.82) is 0 Å². The highest BCUT2D eigenvalue weighted by Crippen LogP contribution is 2.30. The highest BCUT2D eigenvalue weighted by molar-refractivity contribution is 9.11. The van der Waals surface area contributed by atoms with E-state index in [1.165, 1.54) is 11.3 Å². The average molecular weight is 405 g/mol. The molecule has 1 heterocycles. The molecule has 1 aromatic heterocycles. The van der Waals surface area contributed by atoms with Crippen molar-refractivity contribution >= 4 is 54.8 Å². The molecule has 0 bridgehead atoms. The fourth-order valence-electron chi connectivity index (χ4n) is 1.51. The van der Waals surface area contributed by atoms with Crippen LogP contribution in [0.2, 0.25) is 0 Å². The summed E-state index contributed by atoms with van der Waals surface area (Å²) in [4.78, 5) is 12.8. The summed E-state index contributed by atoms with van der Waals surface area (Å²) in [6.07, 6.45) is 0. The van der Waals surface area contributed by atoms with Crippen molar-refractivity contribution in [3.8, 4) is 5.75 Å². The Morgan fingerprint density at radius 1 is 1.32 bits per heavy atom. The molecule has 0 aliphatic carbocycles. The Morgan fingerprint density at radius 3 is 2.58 bits per heavy atom. The van der Waals surface area contributed by atoms with Gasteiger partial charge < -0.3 is 10.1 Å². The molecule has 0 saturated heterocycles. The van der Waals surface area contributed by atoms with Gasteiger partial charge in [0.2, 0.25) is 0 Å². The van der Waals surface area contributed by atoms with Gasteiger partial charge in [0.25, 0.3) is 5.91 Å². The van der Waals surface area contributed by atoms with Crippen molar-refractivity contribution < 1.29 is 9.53 Å². The number of halogens is 2. The molecule has 19 heavy (non-hydrogen) atoms. The Morgan fingerprint density at radius 2 is 2.05 bits per heavy atom. The molecule has 0 spiro atoms. The van der Waals surface area contributed by atoms with Crippen molar-refractivity contribution in [2.75, 3.05) is 12.4 Å². The molecule has 1 N–H and O–H groups in total. The minimum Gasteiger partial charge on any atom is -0.496 e. The molecule has 100 valence electrons. The maximum Gasteiger partial charge on any atom is 0.265 e. The number of rotatable bonds is 3. The van der Waals surface area contributed by atoms with Gasteiger partial charge in [0.1, 0.15) is 5.75 Å². The lowest BCUT2D eigenvalue weighted by atomic mass is 10.3. The highest BCUT2D eigenvalue weighted by Gasteiger charge is 2.12. The van der Waals surface area contributed by atoms with Crippen molar-refractivity contribution in [3.63, 3.8) is 0 Å². The molecule has 2 rings (SSSR count). The number of carbonyl (C=O) groups excluding carboxylic acids is 1. The monoisotopic (exact) mass is 403 g/mol. The highest BCUT2D eigenvalue weighted by atomic mass is 79.9. The van der Waals surface area contributed by atoms with E-state index in [0.717, 1.165) is 25.3 Å². The SMILES string of the molecule is COc1ccc(NC(=O)c2cc(C)c(Br)s2)cc1Br. The van der Waals surface area contributed by atoms with E-state index in [1.54, 1.807) is 19.2 Å². The molecule has 0 saturated carbocycles. The molecule has 6 heteroatoms. The van der Waals surface area contributed by atoms with E-state index in [4.69, 9.17) is 4.74 Å². The zero-order chi connectivity index (χ0) is 14.0. The summed E-state index contributed by atoms with van der Waals surface area (Å²) >= 11 is 8.22. The van der Waals surface area contributed by atoms with Gasteiger partial charge in [-0.3, -0.25) is 4.79 Å². The summed E-state index contributed by atoms with van der Waals surface area (Å²) in [5.41, 5.74) is 1.78. The molecule has 0 aliphatic heterocycles. The lowest BCUT2D eigenvalue weighted by Crippen LogP contribution is -2.10. The third-order valence-electron chi connectivity index (χ3n) is 2.49. The largest absolute Gasteiger partial charge is 0.496 e. The van der Waals surface area contributed by atoms with Crippen LogP contribution in [0.3, 0.4) is 0 Å². The predicted molar refractivity (Wildman–Crippen MR) is 85.4 cm³/mol. The van der Waals surface area contributed by atoms with Crippen LogP contribution in [0.1, 0.15) is 15.2 Å². The minimum absolute atomic E-state index is 0.115. The van der Waals surface area contributed by atoms with Crippen molar-refractivity contribution in [3.05, 3.63) is 43.0 Å². The first-order valence-corrected chi connectivity index (χ1v) is 7.82. The number of hydrogen-bond donors (Lipinski definition) is 1. The Labute approximate surface area is 132 Å². The second kappa shape index (κ2) is 6.07. The van der Waals surface area contributed by atoms with E-state index in [1.807, 2.05) is 19.1 Å². The maximum atomic E-state index is 12.1. The van der Waals surface area contributed by atoms with Crippen LogP contribution in [0.25, 0.3) is 0 Å². The predicted octanol–water partition coefficient (Wildman–Crippen LogP) is 4.84. The molecule has 0 fully saturated rings. The van der Waals surface area contributed by atoms with Gasteiger partial charge in [-0.15, -0.1) is 11.3 Å². The lowest BCUT2D eigenvalue weighted by molar-refractivity contribution is 0.103. The van der Waals surface area contributed by atoms with E-state index < -0.39 is 0 Å². The number of ether oxygens (including phenoxy) is 1. The van der Waals surface area contributed by atoms with Gasteiger partial charge in [-0.1, -0.05) is 0 Å². The normalized spacial score (nSPS) is 10.3. The minimum atomic E-state index is -0.115. The Balaban J connectivity index is 2.17. The number of anilines is 1. The van der Waals surface area contributed by atoms with Gasteiger partial charge in [-0.05, 0) is 68.6 Å². The van der Waals surface area contributed by atoms with Gasteiger partial charge >= 0.3 is 0 Å². The smallest absolute Gasteiger partial charge is 0.265 e. The number of methoxy groups -OCH3 is 1. The molecular weight excluding hydrogens is 394 g/mol. The van der Waals surface area contributed by atoms with Gasteiger partial charge in [-0.2, -0.15) is 0 Å². The van der Waals surface area contributed by atoms with Crippen molar-refractivity contribution in [1.82, 2.24) is 0 Å². The van der Waals surface area contributed by atoms with E-state index in [2.05, 4.69) is 37.2 Å². The van der Waals surface area contributed by atoms with Crippen LogP contribution in [0.15, 0.2) is 32.5 Å². The van der Waals surface area contributed by atoms with Crippen LogP contribution in [-0.2, 0) is 0 Å². The number of aryl methyl sites for hydroxylation is 1. The van der Waals surface area contributed by atoms with Crippen LogP contribution < -0.4 is 10.1 Å². The summed E-state index contributed by atoms with van der Waals surface area (Å²) in [5.74, 6) is 0.614. The number of amides is 1. The van der Waals surface area contributed by atoms with E-state index in [0.29, 0.717) is 4.88 Å². The Bertz CT molecular complexity index is 606. The van der Waals surface area contributed by atoms with E-state index in [9.17, 15) is 4.79 Å². The number of carbonyl (C=O) groups is 1. The summed E-state index contributed by atoms with van der Waals surface area (Å²) in [6.45, 7) is 1.96. The zero-order valence-electron chi connectivity index (χ0n) is 10.3. The fraction of sp³-hybridized carbons (Fsp3) is 0.154. The van der Waals surface area contributed by atoms with Crippen molar-refractivity contribution in [2.45, 2.75) is 6.92 Å². The van der Waals surface area contributed by atoms with Gasteiger partial charge in [0, 0.05) is 5.69 Å². The Kier molecular flexibility index (Phi) is 4.65. The Hall–Kier alpha value is -0.850. The first kappa shape index (κ1) is 14.6. The van der Waals surface area contributed by atoms with Crippen LogP contribution in [0.5, 0.6) is 5.75 Å². The number of thiophene rings is 1. The van der Waals surface area contributed by atoms with Crippen LogP contribution >= 0.6 is 43.2 Å². The number of benzene rings is 1. The zero-order valence-corrected chi connectivity index (χ0v) is 14.3. The standard InChI is InChI=1S/C13H11Br2NO2S/c1-7-5-11(19-12(7)15)13(17)16-8-3-4-10(18-2)9(14)6-8/h3-6H,1-2H3,(H,16,17). The third kappa shape index (κ3) is 3.38. The summed E-state index contributed by atoms with van der Waals surface area (Å²) < 4.78 is 6.93. The van der Waals surface area contributed by atoms with Crippen LogP contribution in [-0.4, -0.2) is 13.0 Å². The van der Waals surface area contributed by atoms with Crippen LogP contribution in [0, 0.1) is 6.92 Å². The molecule has 3 nitrogen and oxygen atoms in total. The number of nitrogens with one attached hydrogen (secondary N) is 1. The maximum absolute atomic E-state index is 12.1. The van der Waals surface area contributed by atoms with Gasteiger partial charge in [-0.25, -0.2) is 0 Å². The summed E-state index contributed by atoms with van der Waals surface area (Å²) in [5, 5.41) is 2.86. The molecule has 1 aromatic carbocycles. The van der Waals surface area contributed by atoms with Crippen LogP contribution in [0.4, 0.5) is 5.69 Å². The number of hydrogen-bond acceptors (Lipinski definition) is 3. The third-order valence-corrected chi connectivity index (χ3v) is 5.25. The molecule has 1 amide bonds. The first-order chi connectivity index (χ1) is 9.01. The van der Waals surface area contributed by atoms with Gasteiger partial charge in [0.05, 0.1) is 20.2 Å². The van der Waals surface area contributed by atoms with Gasteiger partial charge in [0.15, 0.2) is 0 Å². The lowest BCUT2D eigenvalue weighted by Gasteiger charge is -2.07. The van der Waals surface area contributed by atoms with Crippen molar-refractivity contribution in [2.24, 2.45) is 0 Å². The molecular formula is C13H11Br2NO2S. The fourth-order valence-corrected chi connectivity index (χ4v) is 3.48. The molecule has 0 radical (unpaired) electrons. The summed E-state index contributed by atoms with van der Waals surface area (Å²) in [7, 11) is 1.60. The molecule has 0 atom stereocenters. The van der Waals surface area contributed by atoms with E-state index >= 15 is 0 Å². The first-order valence-electron chi connectivity index (χ1n) is 5.42. The quantitative estimate of drug-likeness (QED) is 0.794. The second-order valence-corrected chi connectivity index (χ2v) is 7.10. The average Bonchev–Trinajstić information content (AvgIpc) is 2.70.